The third-order valence-corrected chi connectivity index (χ3v) is 7.95. The number of fused-ring (bicyclic) bond motifs is 2. The number of halogens is 2. The van der Waals surface area contributed by atoms with Gasteiger partial charge in [0, 0.05) is 38.2 Å². The van der Waals surface area contributed by atoms with Crippen LogP contribution < -0.4 is 10.2 Å². The quantitative estimate of drug-likeness (QED) is 0.234. The normalized spacial score (nSPS) is 14.1. The minimum atomic E-state index is -0.215. The van der Waals surface area contributed by atoms with Gasteiger partial charge in [-0.25, -0.2) is 9.78 Å². The Bertz CT molecular complexity index is 1710. The number of aromatic nitrogens is 3. The van der Waals surface area contributed by atoms with E-state index in [-0.39, 0.29) is 6.03 Å². The van der Waals surface area contributed by atoms with Crippen LogP contribution in [0.3, 0.4) is 0 Å². The van der Waals surface area contributed by atoms with Gasteiger partial charge < -0.3 is 19.6 Å². The first-order valence-corrected chi connectivity index (χ1v) is 14.2. The van der Waals surface area contributed by atoms with E-state index in [1.54, 1.807) is 23.1 Å². The summed E-state index contributed by atoms with van der Waals surface area (Å²) in [6.45, 7) is 4.52. The van der Waals surface area contributed by atoms with Crippen molar-refractivity contribution in [1.29, 1.82) is 0 Å². The Morgan fingerprint density at radius 1 is 0.975 bits per heavy atom. The van der Waals surface area contributed by atoms with Crippen LogP contribution >= 0.6 is 23.2 Å². The first-order valence-electron chi connectivity index (χ1n) is 13.4. The monoisotopic (exact) mass is 574 g/mol. The van der Waals surface area contributed by atoms with Crippen LogP contribution in [0.2, 0.25) is 10.0 Å². The molecule has 6 rings (SSSR count). The number of carbonyl (C=O) groups excluding carboxylic acids is 1. The molecule has 2 aromatic heterocycles. The van der Waals surface area contributed by atoms with E-state index in [4.69, 9.17) is 37.7 Å². The molecule has 0 atom stereocenters. The fraction of sp³-hybridized carbons (Fsp3) is 0.267. The number of hydrogen-bond acceptors (Lipinski definition) is 6. The number of rotatable bonds is 5. The first kappa shape index (κ1) is 26.3. The number of benzene rings is 3. The number of amides is 2. The third kappa shape index (κ3) is 5.17. The number of aryl methyl sites for hydroxylation is 1. The van der Waals surface area contributed by atoms with Gasteiger partial charge in [0.15, 0.2) is 0 Å². The molecule has 8 nitrogen and oxygen atoms in total. The molecule has 0 spiro atoms. The molecule has 2 amide bonds. The van der Waals surface area contributed by atoms with Gasteiger partial charge in [-0.15, -0.1) is 0 Å². The average molecular weight is 576 g/mol. The van der Waals surface area contributed by atoms with Crippen molar-refractivity contribution in [3.63, 3.8) is 0 Å². The standard InChI is InChI=1S/C30H28Cl2N6O2/c1-2-7-24-34-28(25-27(36-40-29(25)35-24)21-13-12-19-8-3-4-9-20(19)18-21)37-14-6-15-38(17-16-37)30(39)33-23-11-5-10-22(31)26(23)32/h3-5,8-13,18H,2,6-7,14-17H2,1H3,(H,33,39). The summed E-state index contributed by atoms with van der Waals surface area (Å²) in [6, 6.07) is 19.5. The summed E-state index contributed by atoms with van der Waals surface area (Å²) in [6.07, 6.45) is 2.41. The fourth-order valence-corrected chi connectivity index (χ4v) is 5.45. The Hall–Kier alpha value is -3.88. The van der Waals surface area contributed by atoms with Crippen molar-refractivity contribution in [2.45, 2.75) is 26.2 Å². The Morgan fingerprint density at radius 2 is 1.82 bits per heavy atom. The Balaban J connectivity index is 1.31. The molecule has 5 aromatic rings. The van der Waals surface area contributed by atoms with E-state index < -0.39 is 0 Å². The topological polar surface area (TPSA) is 87.4 Å². The number of nitrogens with one attached hydrogen (secondary N) is 1. The molecule has 204 valence electrons. The SMILES string of the molecule is CCCc1nc(N2CCCN(C(=O)Nc3cccc(Cl)c3Cl)CC2)c2c(-c3ccc4ccccc4c3)noc2n1. The maximum Gasteiger partial charge on any atom is 0.321 e. The number of nitrogens with zero attached hydrogens (tertiary/aromatic N) is 5. The van der Waals surface area contributed by atoms with Crippen LogP contribution in [0.5, 0.6) is 0 Å². The van der Waals surface area contributed by atoms with Crippen molar-refractivity contribution < 1.29 is 9.32 Å². The van der Waals surface area contributed by atoms with Gasteiger partial charge in [-0.05, 0) is 41.8 Å². The average Bonchev–Trinajstić information content (AvgIpc) is 3.23. The van der Waals surface area contributed by atoms with Crippen molar-refractivity contribution in [2.24, 2.45) is 0 Å². The zero-order chi connectivity index (χ0) is 27.6. The van der Waals surface area contributed by atoms with E-state index in [1.807, 2.05) is 12.1 Å². The van der Waals surface area contributed by atoms with Crippen molar-refractivity contribution in [3.05, 3.63) is 76.5 Å². The molecule has 1 fully saturated rings. The van der Waals surface area contributed by atoms with E-state index in [0.717, 1.165) is 59.2 Å². The molecule has 10 heteroatoms. The van der Waals surface area contributed by atoms with Crippen LogP contribution in [0.4, 0.5) is 16.3 Å². The lowest BCUT2D eigenvalue weighted by Crippen LogP contribution is -2.38. The predicted molar refractivity (Wildman–Crippen MR) is 160 cm³/mol. The minimum absolute atomic E-state index is 0.215. The summed E-state index contributed by atoms with van der Waals surface area (Å²) in [5, 5.41) is 11.2. The van der Waals surface area contributed by atoms with Crippen LogP contribution in [0.25, 0.3) is 33.1 Å². The van der Waals surface area contributed by atoms with Crippen molar-refractivity contribution in [2.75, 3.05) is 36.4 Å². The summed E-state index contributed by atoms with van der Waals surface area (Å²) >= 11 is 12.4. The maximum atomic E-state index is 13.1. The molecule has 0 bridgehead atoms. The molecule has 1 saturated heterocycles. The molecule has 0 unspecified atom stereocenters. The van der Waals surface area contributed by atoms with Crippen molar-refractivity contribution in [3.8, 4) is 11.3 Å². The molecular formula is C30H28Cl2N6O2. The molecular weight excluding hydrogens is 547 g/mol. The third-order valence-electron chi connectivity index (χ3n) is 7.14. The molecule has 0 radical (unpaired) electrons. The molecule has 1 aliphatic heterocycles. The number of urea groups is 1. The minimum Gasteiger partial charge on any atom is -0.354 e. The highest BCUT2D eigenvalue weighted by Gasteiger charge is 2.26. The van der Waals surface area contributed by atoms with E-state index in [0.29, 0.717) is 46.8 Å². The maximum absolute atomic E-state index is 13.1. The van der Waals surface area contributed by atoms with Crippen LogP contribution in [0.1, 0.15) is 25.6 Å². The van der Waals surface area contributed by atoms with Crippen molar-refractivity contribution in [1.82, 2.24) is 20.0 Å². The molecule has 1 aliphatic rings. The summed E-state index contributed by atoms with van der Waals surface area (Å²) < 4.78 is 5.79. The Labute approximate surface area is 241 Å². The van der Waals surface area contributed by atoms with Crippen LogP contribution in [-0.2, 0) is 6.42 Å². The van der Waals surface area contributed by atoms with Gasteiger partial charge in [0.25, 0.3) is 5.71 Å². The smallest absolute Gasteiger partial charge is 0.321 e. The lowest BCUT2D eigenvalue weighted by Gasteiger charge is -2.24. The second-order valence-electron chi connectivity index (χ2n) is 9.85. The zero-order valence-electron chi connectivity index (χ0n) is 22.0. The van der Waals surface area contributed by atoms with Gasteiger partial charge in [-0.2, -0.15) is 4.98 Å². The Morgan fingerprint density at radius 3 is 2.67 bits per heavy atom. The second kappa shape index (κ2) is 11.3. The first-order chi connectivity index (χ1) is 19.5. The van der Waals surface area contributed by atoms with E-state index in [1.165, 1.54) is 0 Å². The summed E-state index contributed by atoms with van der Waals surface area (Å²) in [7, 11) is 0. The molecule has 1 N–H and O–H groups in total. The number of carbonyl (C=O) groups is 1. The highest BCUT2D eigenvalue weighted by molar-refractivity contribution is 6.44. The molecule has 0 aliphatic carbocycles. The van der Waals surface area contributed by atoms with Crippen LogP contribution in [0.15, 0.2) is 65.2 Å². The van der Waals surface area contributed by atoms with Crippen LogP contribution in [0, 0.1) is 0 Å². The lowest BCUT2D eigenvalue weighted by molar-refractivity contribution is 0.215. The molecule has 3 heterocycles. The zero-order valence-corrected chi connectivity index (χ0v) is 23.5. The van der Waals surface area contributed by atoms with E-state index in [2.05, 4.69) is 52.6 Å². The Kier molecular flexibility index (Phi) is 7.45. The highest BCUT2D eigenvalue weighted by atomic mass is 35.5. The van der Waals surface area contributed by atoms with E-state index in [9.17, 15) is 4.79 Å². The van der Waals surface area contributed by atoms with Gasteiger partial charge in [-0.3, -0.25) is 0 Å². The predicted octanol–water partition coefficient (Wildman–Crippen LogP) is 7.44. The van der Waals surface area contributed by atoms with Gasteiger partial charge in [-0.1, -0.05) is 77.7 Å². The summed E-state index contributed by atoms with van der Waals surface area (Å²) in [5.74, 6) is 1.51. The number of anilines is 2. The van der Waals surface area contributed by atoms with Gasteiger partial charge in [0.2, 0.25) is 0 Å². The molecule has 0 saturated carbocycles. The highest BCUT2D eigenvalue weighted by Crippen LogP contribution is 2.36. The summed E-state index contributed by atoms with van der Waals surface area (Å²) in [4.78, 5) is 26.8. The van der Waals surface area contributed by atoms with Crippen LogP contribution in [-0.4, -0.2) is 52.2 Å². The fourth-order valence-electron chi connectivity index (χ4n) is 5.10. The van der Waals surface area contributed by atoms with Gasteiger partial charge >= 0.3 is 6.03 Å². The number of hydrogen-bond donors (Lipinski definition) is 1. The molecule has 3 aromatic carbocycles. The van der Waals surface area contributed by atoms with Gasteiger partial charge in [0.05, 0.1) is 15.7 Å². The summed E-state index contributed by atoms with van der Waals surface area (Å²) in [5.41, 5.74) is 2.63. The molecule has 40 heavy (non-hydrogen) atoms. The van der Waals surface area contributed by atoms with Crippen molar-refractivity contribution >= 4 is 62.6 Å². The largest absolute Gasteiger partial charge is 0.354 e. The second-order valence-corrected chi connectivity index (χ2v) is 10.6. The lowest BCUT2D eigenvalue weighted by atomic mass is 10.0. The van der Waals surface area contributed by atoms with Gasteiger partial charge in [0.1, 0.15) is 22.7 Å². The van der Waals surface area contributed by atoms with E-state index >= 15 is 0 Å².